The van der Waals surface area contributed by atoms with E-state index in [2.05, 4.69) is 4.98 Å². The van der Waals surface area contributed by atoms with Crippen LogP contribution < -0.4 is 10.5 Å². The maximum Gasteiger partial charge on any atom is 0.333 e. The Morgan fingerprint density at radius 2 is 1.82 bits per heavy atom. The van der Waals surface area contributed by atoms with Gasteiger partial charge < -0.3 is 24.9 Å². The number of para-hydroxylation sites is 1. The summed E-state index contributed by atoms with van der Waals surface area (Å²) in [5, 5.41) is 9.34. The Kier molecular flexibility index (Phi) is 6.41. The van der Waals surface area contributed by atoms with Crippen LogP contribution in [0.3, 0.4) is 0 Å². The number of imidazole rings is 1. The number of rotatable bonds is 9. The summed E-state index contributed by atoms with van der Waals surface area (Å²) in [7, 11) is 0. The molecule has 0 amide bonds. The predicted octanol–water partition coefficient (Wildman–Crippen LogP) is 3.02. The van der Waals surface area contributed by atoms with Crippen molar-refractivity contribution in [3.8, 4) is 17.2 Å². The number of carboxylic acids is 1. The van der Waals surface area contributed by atoms with E-state index in [1.54, 1.807) is 19.4 Å². The quantitative estimate of drug-likeness (QED) is 0.591. The molecule has 0 bridgehead atoms. The zero-order valence-corrected chi connectivity index (χ0v) is 15.6. The lowest BCUT2D eigenvalue weighted by atomic mass is 10.2. The molecule has 0 saturated heterocycles. The fraction of sp³-hybridized carbons (Fsp3) is 0.238. The van der Waals surface area contributed by atoms with E-state index in [1.165, 1.54) is 0 Å². The summed E-state index contributed by atoms with van der Waals surface area (Å²) in [4.78, 5) is 15.7. The molecule has 1 heterocycles. The molecule has 0 radical (unpaired) electrons. The first-order valence-electron chi connectivity index (χ1n) is 8.99. The number of ether oxygens (including phenoxy) is 2. The van der Waals surface area contributed by atoms with E-state index in [9.17, 15) is 9.90 Å². The van der Waals surface area contributed by atoms with Crippen molar-refractivity contribution in [1.82, 2.24) is 9.55 Å². The van der Waals surface area contributed by atoms with Gasteiger partial charge in [0.2, 0.25) is 0 Å². The van der Waals surface area contributed by atoms with E-state index >= 15 is 0 Å². The molecule has 0 saturated carbocycles. The zero-order chi connectivity index (χ0) is 19.9. The van der Waals surface area contributed by atoms with Crippen LogP contribution in [0.15, 0.2) is 67.1 Å². The first-order chi connectivity index (χ1) is 13.5. The molecule has 0 aliphatic rings. The summed E-state index contributed by atoms with van der Waals surface area (Å²) in [6.45, 7) is 2.00. The van der Waals surface area contributed by atoms with Crippen molar-refractivity contribution in [3.05, 3.63) is 72.8 Å². The number of aliphatic carboxylic acids is 1. The van der Waals surface area contributed by atoms with Gasteiger partial charge in [0.25, 0.3) is 0 Å². The Hall–Kier alpha value is -3.16. The molecule has 7 heteroatoms. The van der Waals surface area contributed by atoms with Crippen LogP contribution in [0.1, 0.15) is 12.6 Å². The number of nitrogens with zero attached hydrogens (tertiary/aromatic N) is 2. The van der Waals surface area contributed by atoms with Crippen LogP contribution in [0.25, 0.3) is 5.69 Å². The fourth-order valence-electron chi connectivity index (χ4n) is 2.64. The number of carboxylic acid groups (broad SMARTS) is 1. The molecular weight excluding hydrogens is 358 g/mol. The van der Waals surface area contributed by atoms with Crippen molar-refractivity contribution in [2.75, 3.05) is 6.54 Å². The summed E-state index contributed by atoms with van der Waals surface area (Å²) in [5.74, 6) is 0.467. The lowest BCUT2D eigenvalue weighted by Gasteiger charge is -2.17. The maximum absolute atomic E-state index is 11.4. The molecule has 2 atom stereocenters. The number of aromatic nitrogens is 2. The van der Waals surface area contributed by atoms with Gasteiger partial charge in [-0.1, -0.05) is 18.2 Å². The number of benzene rings is 2. The highest BCUT2D eigenvalue weighted by molar-refractivity contribution is 5.72. The third-order valence-corrected chi connectivity index (χ3v) is 4.15. The van der Waals surface area contributed by atoms with Crippen molar-refractivity contribution >= 4 is 5.97 Å². The molecule has 0 aliphatic carbocycles. The summed E-state index contributed by atoms with van der Waals surface area (Å²) in [6, 6.07) is 17.1. The molecule has 0 aliphatic heterocycles. The molecule has 2 aromatic carbocycles. The highest BCUT2D eigenvalue weighted by atomic mass is 16.5. The lowest BCUT2D eigenvalue weighted by Crippen LogP contribution is -2.33. The first-order valence-corrected chi connectivity index (χ1v) is 8.99. The average Bonchev–Trinajstić information content (AvgIpc) is 3.17. The van der Waals surface area contributed by atoms with Gasteiger partial charge in [-0.3, -0.25) is 0 Å². The Bertz CT molecular complexity index is 894. The van der Waals surface area contributed by atoms with E-state index in [-0.39, 0.29) is 19.1 Å². The first kappa shape index (κ1) is 19.6. The van der Waals surface area contributed by atoms with Crippen LogP contribution >= 0.6 is 0 Å². The molecule has 28 heavy (non-hydrogen) atoms. The summed E-state index contributed by atoms with van der Waals surface area (Å²) in [6.07, 6.45) is 2.29. The van der Waals surface area contributed by atoms with Crippen molar-refractivity contribution in [3.63, 3.8) is 0 Å². The van der Waals surface area contributed by atoms with Gasteiger partial charge in [-0.25, -0.2) is 9.78 Å². The van der Waals surface area contributed by atoms with Gasteiger partial charge >= 0.3 is 5.97 Å². The molecule has 1 aromatic heterocycles. The SMILES string of the molecule is C[C@H](CN)O[C@@H](Cc1cn(-c2ccc(Oc3ccccc3)cc2)cn1)C(=O)O. The average molecular weight is 381 g/mol. The maximum atomic E-state index is 11.4. The zero-order valence-electron chi connectivity index (χ0n) is 15.6. The van der Waals surface area contributed by atoms with E-state index in [1.807, 2.05) is 59.2 Å². The minimum atomic E-state index is -1.03. The van der Waals surface area contributed by atoms with Gasteiger partial charge in [-0.2, -0.15) is 0 Å². The standard InChI is InChI=1S/C21H23N3O4/c1-15(12-22)27-20(21(25)26)11-16-13-24(14-23-16)17-7-9-19(10-8-17)28-18-5-3-2-4-6-18/h2-10,13-15,20H,11-12,22H2,1H3,(H,25,26)/t15-,20+/m1/s1. The van der Waals surface area contributed by atoms with Gasteiger partial charge in [-0.05, 0) is 43.3 Å². The molecule has 3 aromatic rings. The molecule has 0 fully saturated rings. The number of hydrogen-bond acceptors (Lipinski definition) is 5. The van der Waals surface area contributed by atoms with Gasteiger partial charge in [0, 0.05) is 24.8 Å². The van der Waals surface area contributed by atoms with Crippen molar-refractivity contribution < 1.29 is 19.4 Å². The Morgan fingerprint density at radius 3 is 2.46 bits per heavy atom. The Balaban J connectivity index is 1.66. The Morgan fingerprint density at radius 1 is 1.14 bits per heavy atom. The van der Waals surface area contributed by atoms with Crippen molar-refractivity contribution in [2.45, 2.75) is 25.6 Å². The van der Waals surface area contributed by atoms with E-state index in [4.69, 9.17) is 15.2 Å². The summed E-state index contributed by atoms with van der Waals surface area (Å²) >= 11 is 0. The van der Waals surface area contributed by atoms with Crippen LogP contribution in [-0.2, 0) is 16.0 Å². The molecule has 0 unspecified atom stereocenters. The van der Waals surface area contributed by atoms with E-state index < -0.39 is 12.1 Å². The molecule has 146 valence electrons. The third-order valence-electron chi connectivity index (χ3n) is 4.15. The van der Waals surface area contributed by atoms with Crippen LogP contribution in [0.4, 0.5) is 0 Å². The minimum absolute atomic E-state index is 0.169. The largest absolute Gasteiger partial charge is 0.479 e. The monoisotopic (exact) mass is 381 g/mol. The molecule has 7 nitrogen and oxygen atoms in total. The second-order valence-corrected chi connectivity index (χ2v) is 6.39. The van der Waals surface area contributed by atoms with Gasteiger partial charge in [-0.15, -0.1) is 0 Å². The normalized spacial score (nSPS) is 13.1. The van der Waals surface area contributed by atoms with Gasteiger partial charge in [0.05, 0.1) is 18.1 Å². The smallest absolute Gasteiger partial charge is 0.333 e. The van der Waals surface area contributed by atoms with E-state index in [0.29, 0.717) is 5.69 Å². The van der Waals surface area contributed by atoms with Gasteiger partial charge in [0.1, 0.15) is 11.5 Å². The second-order valence-electron chi connectivity index (χ2n) is 6.39. The molecular formula is C21H23N3O4. The number of nitrogens with two attached hydrogens (primary N) is 1. The number of hydrogen-bond donors (Lipinski definition) is 2. The van der Waals surface area contributed by atoms with Crippen LogP contribution in [0, 0.1) is 0 Å². The topological polar surface area (TPSA) is 99.6 Å². The minimum Gasteiger partial charge on any atom is -0.479 e. The summed E-state index contributed by atoms with van der Waals surface area (Å²) in [5.41, 5.74) is 7.02. The Labute approximate surface area is 163 Å². The lowest BCUT2D eigenvalue weighted by molar-refractivity contribution is -0.153. The highest BCUT2D eigenvalue weighted by Gasteiger charge is 2.22. The summed E-state index contributed by atoms with van der Waals surface area (Å²) < 4.78 is 13.1. The van der Waals surface area contributed by atoms with Crippen LogP contribution in [-0.4, -0.2) is 39.4 Å². The fourth-order valence-corrected chi connectivity index (χ4v) is 2.64. The van der Waals surface area contributed by atoms with Crippen molar-refractivity contribution in [1.29, 1.82) is 0 Å². The second kappa shape index (κ2) is 9.16. The van der Waals surface area contributed by atoms with Crippen LogP contribution in [0.2, 0.25) is 0 Å². The molecule has 0 spiro atoms. The number of carbonyl (C=O) groups is 1. The predicted molar refractivity (Wildman–Crippen MR) is 105 cm³/mol. The highest BCUT2D eigenvalue weighted by Crippen LogP contribution is 2.22. The van der Waals surface area contributed by atoms with Gasteiger partial charge in [0.15, 0.2) is 6.10 Å². The van der Waals surface area contributed by atoms with E-state index in [0.717, 1.165) is 17.2 Å². The molecule has 3 N–H and O–H groups in total. The molecule has 3 rings (SSSR count). The van der Waals surface area contributed by atoms with Crippen LogP contribution in [0.5, 0.6) is 11.5 Å². The third kappa shape index (κ3) is 5.18. The van der Waals surface area contributed by atoms with Crippen molar-refractivity contribution in [2.24, 2.45) is 5.73 Å².